The first-order chi connectivity index (χ1) is 15.8. The lowest BCUT2D eigenvalue weighted by Gasteiger charge is -2.22. The molecule has 0 radical (unpaired) electrons. The molecule has 0 spiro atoms. The Bertz CT molecular complexity index is 1260. The number of benzene rings is 1. The highest BCUT2D eigenvalue weighted by Crippen LogP contribution is 2.32. The van der Waals surface area contributed by atoms with E-state index in [-0.39, 0.29) is 5.92 Å². The molecule has 1 saturated heterocycles. The largest absolute Gasteiger partial charge is 0.345 e. The Morgan fingerprint density at radius 3 is 2.91 bits per heavy atom. The number of nitrogens with zero attached hydrogens (tertiary/aromatic N) is 5. The molecule has 0 bridgehead atoms. The van der Waals surface area contributed by atoms with Crippen LogP contribution < -0.4 is 5.32 Å². The molecule has 1 aliphatic heterocycles. The third kappa shape index (κ3) is 3.90. The maximum Gasteiger partial charge on any atom is 0.164 e. The Kier molecular flexibility index (Phi) is 5.70. The lowest BCUT2D eigenvalue weighted by molar-refractivity contribution is 0.343. The van der Waals surface area contributed by atoms with Crippen molar-refractivity contribution in [1.29, 1.82) is 5.26 Å². The molecule has 0 aliphatic carbocycles. The highest BCUT2D eigenvalue weighted by molar-refractivity contribution is 5.93. The van der Waals surface area contributed by atoms with Crippen LogP contribution in [0.5, 0.6) is 0 Å². The number of aromatic amines is 1. The summed E-state index contributed by atoms with van der Waals surface area (Å²) < 4.78 is 2.06. The molecule has 7 heteroatoms. The zero-order valence-electron chi connectivity index (χ0n) is 18.3. The monoisotopic (exact) mass is 425 g/mol. The van der Waals surface area contributed by atoms with Gasteiger partial charge in [-0.05, 0) is 49.4 Å². The van der Waals surface area contributed by atoms with E-state index in [0.29, 0.717) is 18.3 Å². The molecule has 7 nitrogen and oxygen atoms in total. The van der Waals surface area contributed by atoms with Gasteiger partial charge in [0.15, 0.2) is 5.82 Å². The molecule has 1 aromatic carbocycles. The van der Waals surface area contributed by atoms with Gasteiger partial charge in [0.2, 0.25) is 0 Å². The van der Waals surface area contributed by atoms with E-state index in [4.69, 9.17) is 10.2 Å². The Morgan fingerprint density at radius 1 is 1.22 bits per heavy atom. The third-order valence-electron chi connectivity index (χ3n) is 6.47. The van der Waals surface area contributed by atoms with Crippen molar-refractivity contribution in [3.63, 3.8) is 0 Å². The number of fused-ring (bicyclic) bond motifs is 1. The standard InChI is InChI=1S/C25H27N7/c1-2-17(6-9-26)18-4-3-5-19(12-18)22-14-29-25-23(22)15-28-24(31-25)20-13-30-32(16-20)21-7-10-27-11-8-21/h3-5,12-17,21,27H,2,6-8,10-11H2,1H3,(H,28,29,31). The van der Waals surface area contributed by atoms with Crippen LogP contribution in [0, 0.1) is 11.3 Å². The van der Waals surface area contributed by atoms with Crippen molar-refractivity contribution in [3.8, 4) is 28.6 Å². The van der Waals surface area contributed by atoms with E-state index >= 15 is 0 Å². The number of hydrogen-bond donors (Lipinski definition) is 2. The number of hydrogen-bond acceptors (Lipinski definition) is 5. The molecular weight excluding hydrogens is 398 g/mol. The molecular formula is C25H27N7. The Morgan fingerprint density at radius 2 is 2.09 bits per heavy atom. The predicted octanol–water partition coefficient (Wildman–Crippen LogP) is 4.82. The molecule has 0 saturated carbocycles. The number of aromatic nitrogens is 5. The molecule has 32 heavy (non-hydrogen) atoms. The number of piperidine rings is 1. The number of nitrogens with one attached hydrogen (secondary N) is 2. The van der Waals surface area contributed by atoms with Crippen LogP contribution in [0.15, 0.2) is 49.1 Å². The van der Waals surface area contributed by atoms with Crippen LogP contribution in [-0.4, -0.2) is 37.8 Å². The van der Waals surface area contributed by atoms with Crippen LogP contribution in [0.2, 0.25) is 0 Å². The zero-order chi connectivity index (χ0) is 21.9. The fourth-order valence-electron chi connectivity index (χ4n) is 4.58. The van der Waals surface area contributed by atoms with Gasteiger partial charge in [0.05, 0.1) is 23.9 Å². The minimum absolute atomic E-state index is 0.254. The van der Waals surface area contributed by atoms with E-state index in [0.717, 1.165) is 60.1 Å². The van der Waals surface area contributed by atoms with E-state index in [9.17, 15) is 0 Å². The van der Waals surface area contributed by atoms with Crippen LogP contribution in [0.25, 0.3) is 33.5 Å². The average Bonchev–Trinajstić information content (AvgIpc) is 3.50. The van der Waals surface area contributed by atoms with Gasteiger partial charge in [-0.25, -0.2) is 9.97 Å². The van der Waals surface area contributed by atoms with E-state index in [1.165, 1.54) is 5.56 Å². The highest BCUT2D eigenvalue weighted by Gasteiger charge is 2.18. The molecule has 5 rings (SSSR count). The molecule has 4 heterocycles. The number of rotatable bonds is 6. The van der Waals surface area contributed by atoms with Gasteiger partial charge in [-0.3, -0.25) is 4.68 Å². The molecule has 1 aliphatic rings. The Labute approximate surface area is 187 Å². The van der Waals surface area contributed by atoms with Crippen LogP contribution in [0.4, 0.5) is 0 Å². The quantitative estimate of drug-likeness (QED) is 0.462. The van der Waals surface area contributed by atoms with Crippen LogP contribution in [0.1, 0.15) is 50.1 Å². The SMILES string of the molecule is CCC(CC#N)c1cccc(-c2c[nH]c3nc(-c4cnn(C5CCNCC5)c4)ncc23)c1. The topological polar surface area (TPSA) is 95.2 Å². The van der Waals surface area contributed by atoms with Crippen LogP contribution in [0.3, 0.4) is 0 Å². The van der Waals surface area contributed by atoms with Gasteiger partial charge < -0.3 is 10.3 Å². The highest BCUT2D eigenvalue weighted by atomic mass is 15.3. The fourth-order valence-corrected chi connectivity index (χ4v) is 4.58. The number of H-pyrrole nitrogens is 1. The average molecular weight is 426 g/mol. The summed E-state index contributed by atoms with van der Waals surface area (Å²) in [6.07, 6.45) is 11.5. The molecule has 3 aromatic heterocycles. The Hall–Kier alpha value is -3.50. The van der Waals surface area contributed by atoms with E-state index in [1.807, 2.05) is 18.6 Å². The predicted molar refractivity (Wildman–Crippen MR) is 125 cm³/mol. The zero-order valence-corrected chi connectivity index (χ0v) is 18.3. The molecule has 1 unspecified atom stereocenters. The van der Waals surface area contributed by atoms with Gasteiger partial charge in [-0.2, -0.15) is 10.4 Å². The molecule has 2 N–H and O–H groups in total. The molecule has 162 valence electrons. The van der Waals surface area contributed by atoms with Crippen LogP contribution in [-0.2, 0) is 0 Å². The summed E-state index contributed by atoms with van der Waals surface area (Å²) in [6, 6.07) is 11.2. The van der Waals surface area contributed by atoms with E-state index < -0.39 is 0 Å². The van der Waals surface area contributed by atoms with Crippen molar-refractivity contribution in [2.45, 2.75) is 44.6 Å². The van der Waals surface area contributed by atoms with Gasteiger partial charge in [0.1, 0.15) is 5.65 Å². The Balaban J connectivity index is 1.44. The van der Waals surface area contributed by atoms with Gasteiger partial charge in [-0.1, -0.05) is 31.2 Å². The van der Waals surface area contributed by atoms with E-state index in [2.05, 4.69) is 68.5 Å². The minimum Gasteiger partial charge on any atom is -0.345 e. The lowest BCUT2D eigenvalue weighted by Crippen LogP contribution is -2.29. The molecule has 1 atom stereocenters. The first-order valence-corrected chi connectivity index (χ1v) is 11.3. The summed E-state index contributed by atoms with van der Waals surface area (Å²) in [5, 5.41) is 18.1. The first kappa shape index (κ1) is 20.4. The van der Waals surface area contributed by atoms with Crippen molar-refractivity contribution in [2.24, 2.45) is 0 Å². The van der Waals surface area contributed by atoms with Crippen molar-refractivity contribution in [2.75, 3.05) is 13.1 Å². The fraction of sp³-hybridized carbons (Fsp3) is 0.360. The van der Waals surface area contributed by atoms with Gasteiger partial charge in [0.25, 0.3) is 0 Å². The summed E-state index contributed by atoms with van der Waals surface area (Å²) >= 11 is 0. The van der Waals surface area contributed by atoms with Crippen molar-refractivity contribution >= 4 is 11.0 Å². The maximum atomic E-state index is 9.14. The second-order valence-electron chi connectivity index (χ2n) is 8.44. The summed E-state index contributed by atoms with van der Waals surface area (Å²) in [6.45, 7) is 4.19. The van der Waals surface area contributed by atoms with E-state index in [1.54, 1.807) is 0 Å². The third-order valence-corrected chi connectivity index (χ3v) is 6.47. The normalized spacial score (nSPS) is 15.6. The van der Waals surface area contributed by atoms with Crippen molar-refractivity contribution in [1.82, 2.24) is 30.0 Å². The second-order valence-corrected chi connectivity index (χ2v) is 8.44. The van der Waals surface area contributed by atoms with Gasteiger partial charge >= 0.3 is 0 Å². The minimum atomic E-state index is 0.254. The number of nitriles is 1. The molecule has 1 fully saturated rings. The van der Waals surface area contributed by atoms with Crippen molar-refractivity contribution in [3.05, 3.63) is 54.6 Å². The summed E-state index contributed by atoms with van der Waals surface area (Å²) in [7, 11) is 0. The maximum absolute atomic E-state index is 9.14. The smallest absolute Gasteiger partial charge is 0.164 e. The van der Waals surface area contributed by atoms with Gasteiger partial charge in [-0.15, -0.1) is 0 Å². The van der Waals surface area contributed by atoms with Crippen molar-refractivity contribution < 1.29 is 0 Å². The summed E-state index contributed by atoms with van der Waals surface area (Å²) in [5.41, 5.74) is 5.13. The first-order valence-electron chi connectivity index (χ1n) is 11.3. The lowest BCUT2D eigenvalue weighted by atomic mass is 9.91. The molecule has 0 amide bonds. The van der Waals surface area contributed by atoms with Crippen LogP contribution >= 0.6 is 0 Å². The summed E-state index contributed by atoms with van der Waals surface area (Å²) in [4.78, 5) is 12.8. The summed E-state index contributed by atoms with van der Waals surface area (Å²) in [5.74, 6) is 0.935. The molecule has 4 aromatic rings. The van der Waals surface area contributed by atoms with Gasteiger partial charge in [0, 0.05) is 36.0 Å². The second kappa shape index (κ2) is 8.93.